The SMILES string of the molecule is CCCCc1ccc(NC(=O)[C@@H](C)N(c2ccc(Oc3ccccc3)cc2)S(C)(=O)=O)cc1. The van der Waals surface area contributed by atoms with Crippen molar-refractivity contribution in [3.05, 3.63) is 84.4 Å². The average molecular weight is 467 g/mol. The van der Waals surface area contributed by atoms with E-state index in [1.807, 2.05) is 54.6 Å². The van der Waals surface area contributed by atoms with Gasteiger partial charge < -0.3 is 10.1 Å². The molecular weight excluding hydrogens is 436 g/mol. The van der Waals surface area contributed by atoms with E-state index in [1.54, 1.807) is 31.2 Å². The van der Waals surface area contributed by atoms with Crippen LogP contribution in [-0.2, 0) is 21.2 Å². The number of sulfonamides is 1. The Kier molecular flexibility index (Phi) is 8.11. The van der Waals surface area contributed by atoms with Gasteiger partial charge in [-0.3, -0.25) is 9.10 Å². The van der Waals surface area contributed by atoms with E-state index in [2.05, 4.69) is 12.2 Å². The quantitative estimate of drug-likeness (QED) is 0.421. The molecule has 3 aromatic carbocycles. The molecule has 1 N–H and O–H groups in total. The van der Waals surface area contributed by atoms with Crippen molar-refractivity contribution < 1.29 is 17.9 Å². The molecule has 0 heterocycles. The number of nitrogens with one attached hydrogen (secondary N) is 1. The molecule has 0 fully saturated rings. The monoisotopic (exact) mass is 466 g/mol. The summed E-state index contributed by atoms with van der Waals surface area (Å²) in [6.07, 6.45) is 4.32. The molecule has 0 saturated carbocycles. The Morgan fingerprint density at radius 1 is 0.939 bits per heavy atom. The Bertz CT molecular complexity index is 1150. The number of nitrogens with zero attached hydrogens (tertiary/aromatic N) is 1. The molecule has 0 aliphatic carbocycles. The number of anilines is 2. The van der Waals surface area contributed by atoms with Crippen LogP contribution in [0, 0.1) is 0 Å². The van der Waals surface area contributed by atoms with Crippen molar-refractivity contribution in [3.63, 3.8) is 0 Å². The summed E-state index contributed by atoms with van der Waals surface area (Å²) in [5, 5.41) is 2.82. The maximum Gasteiger partial charge on any atom is 0.247 e. The molecule has 0 aliphatic rings. The van der Waals surface area contributed by atoms with Gasteiger partial charge in [-0.2, -0.15) is 0 Å². The Labute approximate surface area is 196 Å². The highest BCUT2D eigenvalue weighted by molar-refractivity contribution is 7.92. The van der Waals surface area contributed by atoms with Crippen molar-refractivity contribution in [1.82, 2.24) is 0 Å². The summed E-state index contributed by atoms with van der Waals surface area (Å²) in [6.45, 7) is 3.72. The van der Waals surface area contributed by atoms with Gasteiger partial charge in [-0.15, -0.1) is 0 Å². The van der Waals surface area contributed by atoms with E-state index in [-0.39, 0.29) is 0 Å². The van der Waals surface area contributed by atoms with E-state index in [0.717, 1.165) is 29.8 Å². The number of amides is 1. The van der Waals surface area contributed by atoms with Crippen molar-refractivity contribution in [1.29, 1.82) is 0 Å². The summed E-state index contributed by atoms with van der Waals surface area (Å²) in [4.78, 5) is 12.9. The van der Waals surface area contributed by atoms with Crippen LogP contribution in [0.5, 0.6) is 11.5 Å². The number of rotatable bonds is 10. The van der Waals surface area contributed by atoms with E-state index in [1.165, 1.54) is 5.56 Å². The first kappa shape index (κ1) is 24.3. The molecule has 1 atom stereocenters. The van der Waals surface area contributed by atoms with Crippen molar-refractivity contribution in [2.45, 2.75) is 39.2 Å². The second-order valence-corrected chi connectivity index (χ2v) is 9.79. The molecule has 3 rings (SSSR count). The van der Waals surface area contributed by atoms with Gasteiger partial charge in [-0.25, -0.2) is 8.42 Å². The number of hydrogen-bond donors (Lipinski definition) is 1. The maximum atomic E-state index is 12.9. The summed E-state index contributed by atoms with van der Waals surface area (Å²) in [7, 11) is -3.71. The van der Waals surface area contributed by atoms with E-state index < -0.39 is 22.0 Å². The lowest BCUT2D eigenvalue weighted by molar-refractivity contribution is -0.116. The minimum Gasteiger partial charge on any atom is -0.457 e. The minimum absolute atomic E-state index is 0.385. The zero-order chi connectivity index (χ0) is 23.8. The molecule has 0 radical (unpaired) electrons. The zero-order valence-corrected chi connectivity index (χ0v) is 20.0. The van der Waals surface area contributed by atoms with Gasteiger partial charge in [0.15, 0.2) is 0 Å². The van der Waals surface area contributed by atoms with Crippen LogP contribution in [0.4, 0.5) is 11.4 Å². The van der Waals surface area contributed by atoms with Crippen molar-refractivity contribution in [2.24, 2.45) is 0 Å². The molecule has 1 amide bonds. The molecule has 0 bridgehead atoms. The fourth-order valence-corrected chi connectivity index (χ4v) is 4.65. The first-order valence-corrected chi connectivity index (χ1v) is 12.8. The fraction of sp³-hybridized carbons (Fsp3) is 0.269. The van der Waals surface area contributed by atoms with Gasteiger partial charge in [0.1, 0.15) is 17.5 Å². The lowest BCUT2D eigenvalue weighted by Gasteiger charge is -2.28. The van der Waals surface area contributed by atoms with Gasteiger partial charge in [-0.1, -0.05) is 43.7 Å². The van der Waals surface area contributed by atoms with E-state index in [4.69, 9.17) is 4.74 Å². The number of unbranched alkanes of at least 4 members (excludes halogenated alkanes) is 1. The number of carbonyl (C=O) groups excluding carboxylic acids is 1. The number of hydrogen-bond acceptors (Lipinski definition) is 4. The number of benzene rings is 3. The standard InChI is InChI=1S/C26H30N2O4S/c1-4-5-9-21-12-14-22(15-13-21)27-26(29)20(2)28(33(3,30)31)23-16-18-25(19-17-23)32-24-10-7-6-8-11-24/h6-8,10-20H,4-5,9H2,1-3H3,(H,27,29)/t20-/m1/s1. The number of aryl methyl sites for hydroxylation is 1. The van der Waals surface area contributed by atoms with Gasteiger partial charge in [0, 0.05) is 5.69 Å². The maximum absolute atomic E-state index is 12.9. The average Bonchev–Trinajstić information content (AvgIpc) is 2.79. The normalized spacial score (nSPS) is 12.1. The predicted molar refractivity (Wildman–Crippen MR) is 133 cm³/mol. The van der Waals surface area contributed by atoms with Crippen LogP contribution in [0.1, 0.15) is 32.3 Å². The van der Waals surface area contributed by atoms with Crippen LogP contribution in [0.2, 0.25) is 0 Å². The third kappa shape index (κ3) is 6.83. The molecule has 0 unspecified atom stereocenters. The summed E-state index contributed by atoms with van der Waals surface area (Å²) < 4.78 is 32.0. The highest BCUT2D eigenvalue weighted by Gasteiger charge is 2.29. The third-order valence-corrected chi connectivity index (χ3v) is 6.44. The predicted octanol–water partition coefficient (Wildman–Crippen LogP) is 5.61. The molecule has 0 aromatic heterocycles. The van der Waals surface area contributed by atoms with Gasteiger partial charge in [0.25, 0.3) is 0 Å². The first-order valence-electron chi connectivity index (χ1n) is 11.0. The molecule has 0 saturated heterocycles. The highest BCUT2D eigenvalue weighted by Crippen LogP contribution is 2.27. The molecule has 6 nitrogen and oxygen atoms in total. The van der Waals surface area contributed by atoms with Crippen LogP contribution in [-0.4, -0.2) is 26.6 Å². The molecule has 33 heavy (non-hydrogen) atoms. The minimum atomic E-state index is -3.71. The van der Waals surface area contributed by atoms with E-state index in [9.17, 15) is 13.2 Å². The summed E-state index contributed by atoms with van der Waals surface area (Å²) in [6, 6.07) is 22.6. The summed E-state index contributed by atoms with van der Waals surface area (Å²) in [5.41, 5.74) is 2.22. The van der Waals surface area contributed by atoms with Crippen LogP contribution in [0.25, 0.3) is 0 Å². The second-order valence-electron chi connectivity index (χ2n) is 7.93. The lowest BCUT2D eigenvalue weighted by Crippen LogP contribution is -2.45. The molecule has 174 valence electrons. The van der Waals surface area contributed by atoms with E-state index >= 15 is 0 Å². The molecule has 0 spiro atoms. The van der Waals surface area contributed by atoms with Gasteiger partial charge in [-0.05, 0) is 73.9 Å². The van der Waals surface area contributed by atoms with Crippen LogP contribution >= 0.6 is 0 Å². The molecule has 7 heteroatoms. The molecular formula is C26H30N2O4S. The van der Waals surface area contributed by atoms with Crippen molar-refractivity contribution >= 4 is 27.3 Å². The fourth-order valence-electron chi connectivity index (χ4n) is 3.48. The third-order valence-electron chi connectivity index (χ3n) is 5.20. The Morgan fingerprint density at radius 2 is 1.55 bits per heavy atom. The summed E-state index contributed by atoms with van der Waals surface area (Å²) >= 11 is 0. The van der Waals surface area contributed by atoms with E-state index in [0.29, 0.717) is 22.9 Å². The first-order chi connectivity index (χ1) is 15.8. The van der Waals surface area contributed by atoms with Crippen molar-refractivity contribution in [3.8, 4) is 11.5 Å². The summed E-state index contributed by atoms with van der Waals surface area (Å²) in [5.74, 6) is 0.837. The van der Waals surface area contributed by atoms with Crippen LogP contribution in [0.15, 0.2) is 78.9 Å². The van der Waals surface area contributed by atoms with Gasteiger partial charge >= 0.3 is 0 Å². The Morgan fingerprint density at radius 3 is 2.12 bits per heavy atom. The highest BCUT2D eigenvalue weighted by atomic mass is 32.2. The number of ether oxygens (including phenoxy) is 1. The zero-order valence-electron chi connectivity index (χ0n) is 19.2. The Balaban J connectivity index is 1.73. The van der Waals surface area contributed by atoms with Crippen LogP contribution < -0.4 is 14.4 Å². The van der Waals surface area contributed by atoms with Gasteiger partial charge in [0.05, 0.1) is 11.9 Å². The number of para-hydroxylation sites is 1. The van der Waals surface area contributed by atoms with Gasteiger partial charge in [0.2, 0.25) is 15.9 Å². The van der Waals surface area contributed by atoms with Crippen molar-refractivity contribution in [2.75, 3.05) is 15.9 Å². The smallest absolute Gasteiger partial charge is 0.247 e. The lowest BCUT2D eigenvalue weighted by atomic mass is 10.1. The molecule has 0 aliphatic heterocycles. The molecule has 3 aromatic rings. The Hall–Kier alpha value is -3.32. The number of carbonyl (C=O) groups is 1. The van der Waals surface area contributed by atoms with Crippen LogP contribution in [0.3, 0.4) is 0 Å². The second kappa shape index (κ2) is 11.0. The largest absolute Gasteiger partial charge is 0.457 e. The topological polar surface area (TPSA) is 75.7 Å².